The van der Waals surface area contributed by atoms with E-state index in [0.29, 0.717) is 48.3 Å². The number of phenols is 1. The van der Waals surface area contributed by atoms with Crippen molar-refractivity contribution in [2.45, 2.75) is 30.5 Å². The molecule has 3 aliphatic carbocycles. The number of benzene rings is 1. The van der Waals surface area contributed by atoms with Gasteiger partial charge in [0.05, 0.1) is 12.2 Å². The van der Waals surface area contributed by atoms with Gasteiger partial charge in [-0.15, -0.1) is 13.2 Å². The third-order valence-corrected chi connectivity index (χ3v) is 6.52. The predicted molar refractivity (Wildman–Crippen MR) is 97.9 cm³/mol. The summed E-state index contributed by atoms with van der Waals surface area (Å²) in [7, 11) is 0. The van der Waals surface area contributed by atoms with Gasteiger partial charge in [0, 0.05) is 29.4 Å². The lowest BCUT2D eigenvalue weighted by atomic mass is 9.53. The number of hydrogen-bond acceptors (Lipinski definition) is 5. The molecular formula is C22H20O5. The Morgan fingerprint density at radius 1 is 1.26 bits per heavy atom. The highest BCUT2D eigenvalue weighted by atomic mass is 16.6. The molecule has 5 aliphatic rings. The molecule has 1 spiro atoms. The van der Waals surface area contributed by atoms with Crippen LogP contribution < -0.4 is 4.74 Å². The standard InChI is InChI=1S/C22H20O5/c1-3-5-14-16(23)6-7-17-18(14)19(24)15-10-12-9-13-11-26-21(8-4-2,20(12)25)22(13,15)27-17/h3-4,6-7,10,12-13,23H,1-2,5,8-9,11H2. The first-order valence-corrected chi connectivity index (χ1v) is 9.21. The number of aromatic hydroxyl groups is 1. The smallest absolute Gasteiger partial charge is 0.197 e. The second-order valence-corrected chi connectivity index (χ2v) is 7.71. The number of phenolic OH excluding ortho intramolecular Hbond substituents is 1. The third-order valence-electron chi connectivity index (χ3n) is 6.52. The van der Waals surface area contributed by atoms with Crippen molar-refractivity contribution in [3.8, 4) is 11.5 Å². The number of Topliss-reactive ketones (excluding diaryl/α,β-unsaturated/α-hetero) is 2. The lowest BCUT2D eigenvalue weighted by Crippen LogP contribution is -2.71. The van der Waals surface area contributed by atoms with E-state index in [0.717, 1.165) is 0 Å². The molecular weight excluding hydrogens is 344 g/mol. The Bertz CT molecular complexity index is 958. The molecule has 1 aromatic rings. The number of allylic oxidation sites excluding steroid dienone is 2. The fourth-order valence-electron chi connectivity index (χ4n) is 5.49. The zero-order valence-corrected chi connectivity index (χ0v) is 14.9. The highest BCUT2D eigenvalue weighted by molar-refractivity contribution is 6.17. The van der Waals surface area contributed by atoms with Crippen LogP contribution in [0.25, 0.3) is 0 Å². The fraction of sp³-hybridized carbons (Fsp3) is 0.364. The van der Waals surface area contributed by atoms with Crippen molar-refractivity contribution in [2.75, 3.05) is 6.61 Å². The zero-order chi connectivity index (χ0) is 19.0. The van der Waals surface area contributed by atoms with Crippen molar-refractivity contribution in [3.05, 3.63) is 60.2 Å². The largest absolute Gasteiger partial charge is 0.508 e. The molecule has 2 fully saturated rings. The van der Waals surface area contributed by atoms with Crippen LogP contribution in [-0.2, 0) is 16.0 Å². The summed E-state index contributed by atoms with van der Waals surface area (Å²) in [6.45, 7) is 7.89. The van der Waals surface area contributed by atoms with Gasteiger partial charge in [0.15, 0.2) is 22.8 Å². The first-order chi connectivity index (χ1) is 13.0. The van der Waals surface area contributed by atoms with Crippen molar-refractivity contribution >= 4 is 11.6 Å². The monoisotopic (exact) mass is 364 g/mol. The molecule has 27 heavy (non-hydrogen) atoms. The average Bonchev–Trinajstić information content (AvgIpc) is 2.90. The SMILES string of the molecule is C=CCc1c(O)ccc2c1C(=O)C1=CC3CC4COC(CC=C)(C3=O)C14O2. The van der Waals surface area contributed by atoms with Crippen molar-refractivity contribution in [1.29, 1.82) is 0 Å². The highest BCUT2D eigenvalue weighted by Crippen LogP contribution is 2.63. The van der Waals surface area contributed by atoms with E-state index in [1.807, 2.05) is 0 Å². The predicted octanol–water partition coefficient (Wildman–Crippen LogP) is 2.92. The van der Waals surface area contributed by atoms with Crippen LogP contribution in [0, 0.1) is 11.8 Å². The molecule has 1 aromatic carbocycles. The van der Waals surface area contributed by atoms with Crippen LogP contribution in [-0.4, -0.2) is 34.5 Å². The number of ether oxygens (including phenoxy) is 2. The van der Waals surface area contributed by atoms with Crippen molar-refractivity contribution in [2.24, 2.45) is 11.8 Å². The topological polar surface area (TPSA) is 72.8 Å². The molecule has 0 amide bonds. The zero-order valence-electron chi connectivity index (χ0n) is 14.9. The van der Waals surface area contributed by atoms with Crippen LogP contribution >= 0.6 is 0 Å². The number of ketones is 2. The molecule has 5 heteroatoms. The maximum absolute atomic E-state index is 13.6. The number of fused-ring (bicyclic) bond motifs is 1. The Hall–Kier alpha value is -2.66. The normalized spacial score (nSPS) is 35.2. The van der Waals surface area contributed by atoms with E-state index >= 15 is 0 Å². The number of carbonyl (C=O) groups is 2. The van der Waals surface area contributed by atoms with Gasteiger partial charge in [-0.25, -0.2) is 0 Å². The van der Waals surface area contributed by atoms with Gasteiger partial charge in [-0.2, -0.15) is 0 Å². The van der Waals surface area contributed by atoms with Gasteiger partial charge in [0.2, 0.25) is 0 Å². The maximum atomic E-state index is 13.6. The molecule has 1 N–H and O–H groups in total. The summed E-state index contributed by atoms with van der Waals surface area (Å²) in [5.74, 6) is -0.188. The minimum atomic E-state index is -1.20. The van der Waals surface area contributed by atoms with Crippen LogP contribution in [0.15, 0.2) is 49.1 Å². The summed E-state index contributed by atoms with van der Waals surface area (Å²) in [6, 6.07) is 3.13. The minimum absolute atomic E-state index is 0.0266. The van der Waals surface area contributed by atoms with E-state index in [-0.39, 0.29) is 29.2 Å². The van der Waals surface area contributed by atoms with E-state index in [1.54, 1.807) is 24.3 Å². The average molecular weight is 364 g/mol. The maximum Gasteiger partial charge on any atom is 0.197 e. The number of hydrogen-bond donors (Lipinski definition) is 1. The van der Waals surface area contributed by atoms with E-state index < -0.39 is 11.2 Å². The van der Waals surface area contributed by atoms with Crippen LogP contribution in [0.3, 0.4) is 0 Å². The van der Waals surface area contributed by atoms with Crippen LogP contribution in [0.2, 0.25) is 0 Å². The Labute approximate surface area is 157 Å². The molecule has 138 valence electrons. The molecule has 0 aromatic heterocycles. The summed E-state index contributed by atoms with van der Waals surface area (Å²) < 4.78 is 12.6. The Balaban J connectivity index is 1.79. The summed E-state index contributed by atoms with van der Waals surface area (Å²) in [4.78, 5) is 26.8. The van der Waals surface area contributed by atoms with Gasteiger partial charge < -0.3 is 14.6 Å². The highest BCUT2D eigenvalue weighted by Gasteiger charge is 2.76. The van der Waals surface area contributed by atoms with E-state index in [1.165, 1.54) is 6.07 Å². The minimum Gasteiger partial charge on any atom is -0.508 e. The van der Waals surface area contributed by atoms with Gasteiger partial charge in [-0.05, 0) is 25.0 Å². The summed E-state index contributed by atoms with van der Waals surface area (Å²) in [5.41, 5.74) is -0.955. The lowest BCUT2D eigenvalue weighted by Gasteiger charge is -2.55. The van der Waals surface area contributed by atoms with Crippen LogP contribution in [0.1, 0.15) is 28.8 Å². The van der Waals surface area contributed by atoms with Crippen molar-refractivity contribution in [3.63, 3.8) is 0 Å². The Morgan fingerprint density at radius 2 is 2.07 bits per heavy atom. The summed E-state index contributed by atoms with van der Waals surface area (Å²) in [6.07, 6.45) is 6.35. The van der Waals surface area contributed by atoms with Gasteiger partial charge in [0.1, 0.15) is 11.5 Å². The van der Waals surface area contributed by atoms with Crippen molar-refractivity contribution < 1.29 is 24.2 Å². The van der Waals surface area contributed by atoms with E-state index in [9.17, 15) is 14.7 Å². The van der Waals surface area contributed by atoms with Gasteiger partial charge >= 0.3 is 0 Å². The van der Waals surface area contributed by atoms with Crippen LogP contribution in [0.5, 0.6) is 11.5 Å². The molecule has 0 radical (unpaired) electrons. The fourth-order valence-corrected chi connectivity index (χ4v) is 5.49. The van der Waals surface area contributed by atoms with E-state index in [2.05, 4.69) is 13.2 Å². The molecule has 4 unspecified atom stereocenters. The molecule has 5 nitrogen and oxygen atoms in total. The summed E-state index contributed by atoms with van der Waals surface area (Å²) >= 11 is 0. The van der Waals surface area contributed by atoms with Gasteiger partial charge in [0.25, 0.3) is 0 Å². The number of rotatable bonds is 4. The third kappa shape index (κ3) is 1.69. The lowest BCUT2D eigenvalue weighted by molar-refractivity contribution is -0.165. The molecule has 6 rings (SSSR count). The first kappa shape index (κ1) is 16.5. The molecule has 4 bridgehead atoms. The Morgan fingerprint density at radius 3 is 2.81 bits per heavy atom. The van der Waals surface area contributed by atoms with Crippen LogP contribution in [0.4, 0.5) is 0 Å². The number of carbonyl (C=O) groups excluding carboxylic acids is 2. The molecule has 1 saturated heterocycles. The quantitative estimate of drug-likeness (QED) is 0.832. The van der Waals surface area contributed by atoms with Gasteiger partial charge in [-0.1, -0.05) is 18.2 Å². The molecule has 1 saturated carbocycles. The molecule has 2 aliphatic heterocycles. The second kappa shape index (κ2) is 5.20. The second-order valence-electron chi connectivity index (χ2n) is 7.71. The summed E-state index contributed by atoms with van der Waals surface area (Å²) in [5, 5.41) is 10.3. The van der Waals surface area contributed by atoms with E-state index in [4.69, 9.17) is 9.47 Å². The molecule has 4 atom stereocenters. The van der Waals surface area contributed by atoms with Crippen molar-refractivity contribution in [1.82, 2.24) is 0 Å². The Kier molecular flexibility index (Phi) is 3.18. The molecule has 2 heterocycles. The first-order valence-electron chi connectivity index (χ1n) is 9.21. The van der Waals surface area contributed by atoms with Gasteiger partial charge in [-0.3, -0.25) is 9.59 Å².